The van der Waals surface area contributed by atoms with Crippen molar-refractivity contribution >= 4 is 17.3 Å². The zero-order valence-electron chi connectivity index (χ0n) is 13.4. The van der Waals surface area contributed by atoms with Gasteiger partial charge < -0.3 is 20.0 Å². The Labute approximate surface area is 139 Å². The molecule has 0 radical (unpaired) electrons. The number of benzene rings is 2. The second-order valence-corrected chi connectivity index (χ2v) is 5.58. The van der Waals surface area contributed by atoms with E-state index in [2.05, 4.69) is 10.5 Å². The lowest BCUT2D eigenvalue weighted by atomic mass is 10.0. The maximum absolute atomic E-state index is 12.3. The monoisotopic (exact) mass is 326 g/mol. The molecular formula is C18H18N2O4. The number of nitrogens with zero attached hydrogens (tertiary/aromatic N) is 1. The van der Waals surface area contributed by atoms with Crippen molar-refractivity contribution in [1.82, 2.24) is 0 Å². The van der Waals surface area contributed by atoms with E-state index in [-0.39, 0.29) is 11.7 Å². The number of hydrogen-bond donors (Lipinski definition) is 2. The molecule has 0 saturated carbocycles. The van der Waals surface area contributed by atoms with E-state index in [0.29, 0.717) is 23.6 Å². The van der Waals surface area contributed by atoms with Gasteiger partial charge in [0.05, 0.1) is 18.5 Å². The molecule has 6 heteroatoms. The number of aromatic hydroxyl groups is 1. The first-order valence-corrected chi connectivity index (χ1v) is 7.54. The zero-order chi connectivity index (χ0) is 17.1. The van der Waals surface area contributed by atoms with E-state index in [0.717, 1.165) is 11.1 Å². The van der Waals surface area contributed by atoms with Crippen LogP contribution in [0.5, 0.6) is 11.5 Å². The Morgan fingerprint density at radius 3 is 2.96 bits per heavy atom. The van der Waals surface area contributed by atoms with Crippen molar-refractivity contribution in [2.75, 3.05) is 12.4 Å². The second kappa shape index (κ2) is 6.62. The van der Waals surface area contributed by atoms with Gasteiger partial charge in [-0.25, -0.2) is 0 Å². The quantitative estimate of drug-likeness (QED) is 0.847. The van der Waals surface area contributed by atoms with Gasteiger partial charge in [0.15, 0.2) is 0 Å². The number of carbonyl (C=O) groups is 1. The van der Waals surface area contributed by atoms with E-state index in [9.17, 15) is 9.90 Å². The predicted molar refractivity (Wildman–Crippen MR) is 90.5 cm³/mol. The third-order valence-electron chi connectivity index (χ3n) is 3.77. The van der Waals surface area contributed by atoms with Crippen LogP contribution in [-0.4, -0.2) is 29.9 Å². The van der Waals surface area contributed by atoms with Crippen molar-refractivity contribution in [3.8, 4) is 11.5 Å². The molecule has 6 nitrogen and oxygen atoms in total. The van der Waals surface area contributed by atoms with Crippen molar-refractivity contribution in [2.45, 2.75) is 19.4 Å². The van der Waals surface area contributed by atoms with Crippen molar-refractivity contribution in [1.29, 1.82) is 0 Å². The summed E-state index contributed by atoms with van der Waals surface area (Å²) >= 11 is 0. The molecule has 24 heavy (non-hydrogen) atoms. The highest BCUT2D eigenvalue weighted by Gasteiger charge is 2.29. The van der Waals surface area contributed by atoms with Crippen LogP contribution in [0.15, 0.2) is 47.6 Å². The average molecular weight is 326 g/mol. The Hall–Kier alpha value is -3.02. The molecule has 1 atom stereocenters. The van der Waals surface area contributed by atoms with E-state index in [1.54, 1.807) is 25.3 Å². The van der Waals surface area contributed by atoms with Crippen LogP contribution in [0.3, 0.4) is 0 Å². The zero-order valence-corrected chi connectivity index (χ0v) is 13.4. The van der Waals surface area contributed by atoms with Crippen LogP contribution in [0.2, 0.25) is 0 Å². The number of aryl methyl sites for hydroxylation is 1. The van der Waals surface area contributed by atoms with Crippen LogP contribution in [0.1, 0.15) is 17.5 Å². The molecule has 1 unspecified atom stereocenters. The molecule has 0 spiro atoms. The molecule has 1 aliphatic heterocycles. The normalized spacial score (nSPS) is 16.2. The number of nitrogens with one attached hydrogen (secondary N) is 1. The Balaban J connectivity index is 1.68. The fourth-order valence-electron chi connectivity index (χ4n) is 2.45. The number of oxime groups is 1. The molecule has 2 aromatic rings. The van der Waals surface area contributed by atoms with Crippen LogP contribution in [0.4, 0.5) is 5.69 Å². The van der Waals surface area contributed by atoms with Gasteiger partial charge >= 0.3 is 0 Å². The minimum atomic E-state index is -0.730. The van der Waals surface area contributed by atoms with Crippen molar-refractivity contribution in [3.63, 3.8) is 0 Å². The summed E-state index contributed by atoms with van der Waals surface area (Å²) in [6.45, 7) is 1.88. The molecular weight excluding hydrogens is 308 g/mol. The van der Waals surface area contributed by atoms with Gasteiger partial charge in [-0.15, -0.1) is 0 Å². The lowest BCUT2D eigenvalue weighted by molar-refractivity contribution is -0.125. The number of phenolic OH excluding ortho intramolecular Hbond substituents is 1. The van der Waals surface area contributed by atoms with Gasteiger partial charge in [0, 0.05) is 12.0 Å². The molecule has 2 N–H and O–H groups in total. The SMILES string of the molecule is COc1cccc(C2=NOC(C(=O)Nc3cc(C)ccc3O)C2)c1. The highest BCUT2D eigenvalue weighted by atomic mass is 16.6. The largest absolute Gasteiger partial charge is 0.506 e. The Kier molecular flexibility index (Phi) is 4.37. The van der Waals surface area contributed by atoms with Gasteiger partial charge in [0.2, 0.25) is 6.10 Å². The number of amides is 1. The van der Waals surface area contributed by atoms with Crippen LogP contribution >= 0.6 is 0 Å². The summed E-state index contributed by atoms with van der Waals surface area (Å²) in [5.74, 6) is 0.381. The van der Waals surface area contributed by atoms with Gasteiger partial charge in [-0.2, -0.15) is 0 Å². The number of carbonyl (C=O) groups excluding carboxylic acids is 1. The fourth-order valence-corrected chi connectivity index (χ4v) is 2.45. The van der Waals surface area contributed by atoms with Crippen molar-refractivity contribution < 1.29 is 19.5 Å². The van der Waals surface area contributed by atoms with Crippen LogP contribution < -0.4 is 10.1 Å². The van der Waals surface area contributed by atoms with E-state index < -0.39 is 6.10 Å². The first-order valence-electron chi connectivity index (χ1n) is 7.54. The smallest absolute Gasteiger partial charge is 0.268 e. The maximum Gasteiger partial charge on any atom is 0.268 e. The molecule has 3 rings (SSSR count). The Bertz CT molecular complexity index is 801. The highest BCUT2D eigenvalue weighted by molar-refractivity contribution is 6.06. The summed E-state index contributed by atoms with van der Waals surface area (Å²) in [4.78, 5) is 17.6. The molecule has 0 bridgehead atoms. The van der Waals surface area contributed by atoms with Gasteiger partial charge in [-0.3, -0.25) is 4.79 Å². The second-order valence-electron chi connectivity index (χ2n) is 5.58. The summed E-state index contributed by atoms with van der Waals surface area (Å²) < 4.78 is 5.19. The van der Waals surface area contributed by atoms with E-state index in [1.165, 1.54) is 0 Å². The Morgan fingerprint density at radius 1 is 1.33 bits per heavy atom. The van der Waals surface area contributed by atoms with Gasteiger partial charge in [0.1, 0.15) is 11.5 Å². The molecule has 0 saturated heterocycles. The van der Waals surface area contributed by atoms with Gasteiger partial charge in [-0.05, 0) is 36.8 Å². The molecule has 1 amide bonds. The number of hydrogen-bond acceptors (Lipinski definition) is 5. The standard InChI is InChI=1S/C18H18N2O4/c1-11-6-7-16(21)15(8-11)19-18(22)17-10-14(20-24-17)12-4-3-5-13(9-12)23-2/h3-9,17,21H,10H2,1-2H3,(H,19,22). The molecule has 0 aromatic heterocycles. The third-order valence-corrected chi connectivity index (χ3v) is 3.77. The first kappa shape index (κ1) is 15.9. The number of rotatable bonds is 4. The third kappa shape index (κ3) is 3.32. The van der Waals surface area contributed by atoms with Crippen LogP contribution in [0.25, 0.3) is 0 Å². The van der Waals surface area contributed by atoms with Crippen molar-refractivity contribution in [3.05, 3.63) is 53.6 Å². The summed E-state index contributed by atoms with van der Waals surface area (Å²) in [7, 11) is 1.59. The fraction of sp³-hybridized carbons (Fsp3) is 0.222. The summed E-state index contributed by atoms with van der Waals surface area (Å²) in [5.41, 5.74) is 2.83. The highest BCUT2D eigenvalue weighted by Crippen LogP contribution is 2.26. The number of phenols is 1. The molecule has 1 aliphatic rings. The maximum atomic E-state index is 12.3. The van der Waals surface area contributed by atoms with Crippen molar-refractivity contribution in [2.24, 2.45) is 5.16 Å². The van der Waals surface area contributed by atoms with E-state index >= 15 is 0 Å². The lowest BCUT2D eigenvalue weighted by Gasteiger charge is -2.11. The first-order chi connectivity index (χ1) is 11.6. The number of methoxy groups -OCH3 is 1. The van der Waals surface area contributed by atoms with E-state index in [1.807, 2.05) is 31.2 Å². The topological polar surface area (TPSA) is 80.2 Å². The number of ether oxygens (including phenoxy) is 1. The van der Waals surface area contributed by atoms with Gasteiger partial charge in [0.25, 0.3) is 5.91 Å². The molecule has 2 aromatic carbocycles. The molecule has 0 aliphatic carbocycles. The molecule has 1 heterocycles. The Morgan fingerprint density at radius 2 is 2.17 bits per heavy atom. The number of anilines is 1. The summed E-state index contributed by atoms with van der Waals surface area (Å²) in [5, 5.41) is 16.5. The molecule has 124 valence electrons. The average Bonchev–Trinajstić information content (AvgIpc) is 3.08. The van der Waals surface area contributed by atoms with Crippen LogP contribution in [-0.2, 0) is 9.63 Å². The van der Waals surface area contributed by atoms with Crippen LogP contribution in [0, 0.1) is 6.92 Å². The molecule has 0 fully saturated rings. The minimum absolute atomic E-state index is 0.0147. The predicted octanol–water partition coefficient (Wildman–Crippen LogP) is 2.84. The van der Waals surface area contributed by atoms with E-state index in [4.69, 9.17) is 9.57 Å². The lowest BCUT2D eigenvalue weighted by Crippen LogP contribution is -2.28. The summed E-state index contributed by atoms with van der Waals surface area (Å²) in [6, 6.07) is 12.4. The minimum Gasteiger partial charge on any atom is -0.506 e. The van der Waals surface area contributed by atoms with Gasteiger partial charge in [-0.1, -0.05) is 23.4 Å². The summed E-state index contributed by atoms with van der Waals surface area (Å²) in [6.07, 6.45) is -0.378.